The average molecular weight is 222 g/mol. The third kappa shape index (κ3) is 1.14. The highest BCUT2D eigenvalue weighted by Crippen LogP contribution is 2.62. The summed E-state index contributed by atoms with van der Waals surface area (Å²) in [4.78, 5) is 11.5. The highest BCUT2D eigenvalue weighted by Gasteiger charge is 2.59. The predicted octanol–water partition coefficient (Wildman–Crippen LogP) is 1.97. The van der Waals surface area contributed by atoms with Crippen molar-refractivity contribution in [2.24, 2.45) is 11.8 Å². The number of hydrogen-bond acceptors (Lipinski definition) is 1. The number of carbonyl (C=O) groups excluding carboxylic acids is 1. The second-order valence-electron chi connectivity index (χ2n) is 4.34. The minimum absolute atomic E-state index is 0.177. The highest BCUT2D eigenvalue weighted by molar-refractivity contribution is 6.31. The zero-order valence-corrected chi connectivity index (χ0v) is 9.21. The van der Waals surface area contributed by atoms with E-state index in [0.717, 1.165) is 11.4 Å². The van der Waals surface area contributed by atoms with E-state index in [2.05, 4.69) is 11.4 Å². The molecule has 1 aromatic rings. The molecule has 1 saturated carbocycles. The van der Waals surface area contributed by atoms with E-state index in [9.17, 15) is 4.79 Å². The van der Waals surface area contributed by atoms with Crippen LogP contribution >= 0.6 is 11.6 Å². The quantitative estimate of drug-likeness (QED) is 0.772. The Morgan fingerprint density at radius 2 is 2.33 bits per heavy atom. The van der Waals surface area contributed by atoms with Crippen molar-refractivity contribution in [2.45, 2.75) is 12.3 Å². The van der Waals surface area contributed by atoms with Gasteiger partial charge in [0.15, 0.2) is 0 Å². The van der Waals surface area contributed by atoms with Crippen molar-refractivity contribution in [1.82, 2.24) is 5.32 Å². The lowest BCUT2D eigenvalue weighted by Crippen LogP contribution is -2.22. The van der Waals surface area contributed by atoms with Gasteiger partial charge in [0.1, 0.15) is 0 Å². The molecule has 1 amide bonds. The van der Waals surface area contributed by atoms with E-state index < -0.39 is 0 Å². The van der Waals surface area contributed by atoms with Crippen molar-refractivity contribution >= 4 is 17.5 Å². The smallest absolute Gasteiger partial charge is 0.223 e. The molecule has 3 heteroatoms. The van der Waals surface area contributed by atoms with Gasteiger partial charge in [0, 0.05) is 23.9 Å². The largest absolute Gasteiger partial charge is 0.359 e. The van der Waals surface area contributed by atoms with Crippen molar-refractivity contribution in [3.05, 3.63) is 34.3 Å². The molecule has 1 N–H and O–H groups in total. The number of carbonyl (C=O) groups is 1. The maximum atomic E-state index is 11.5. The lowest BCUT2D eigenvalue weighted by atomic mass is 10.0. The number of amides is 1. The average Bonchev–Trinajstić information content (AvgIpc) is 2.82. The van der Waals surface area contributed by atoms with Gasteiger partial charge in [-0.25, -0.2) is 0 Å². The van der Waals surface area contributed by atoms with E-state index in [0.29, 0.717) is 11.8 Å². The summed E-state index contributed by atoms with van der Waals surface area (Å²) in [5.41, 5.74) is 2.55. The van der Waals surface area contributed by atoms with Gasteiger partial charge in [-0.15, -0.1) is 0 Å². The van der Waals surface area contributed by atoms with Gasteiger partial charge in [0.05, 0.1) is 0 Å². The number of fused-ring (bicyclic) bond motifs is 3. The van der Waals surface area contributed by atoms with Crippen LogP contribution in [0.4, 0.5) is 0 Å². The first-order valence-electron chi connectivity index (χ1n) is 5.23. The molecule has 0 heterocycles. The Labute approximate surface area is 93.6 Å². The van der Waals surface area contributed by atoms with Gasteiger partial charge in [0.2, 0.25) is 5.91 Å². The molecule has 0 radical (unpaired) electrons. The first-order valence-corrected chi connectivity index (χ1v) is 5.60. The molecule has 15 heavy (non-hydrogen) atoms. The molecule has 2 aliphatic carbocycles. The zero-order valence-electron chi connectivity index (χ0n) is 8.46. The van der Waals surface area contributed by atoms with Gasteiger partial charge in [-0.1, -0.05) is 23.7 Å². The summed E-state index contributed by atoms with van der Waals surface area (Å²) in [6.45, 7) is 0. The van der Waals surface area contributed by atoms with Crippen molar-refractivity contribution in [3.63, 3.8) is 0 Å². The monoisotopic (exact) mass is 221 g/mol. The fraction of sp³-hybridized carbons (Fsp3) is 0.417. The number of halogens is 1. The van der Waals surface area contributed by atoms with Crippen LogP contribution in [0.15, 0.2) is 18.2 Å². The topological polar surface area (TPSA) is 29.1 Å². The molecule has 3 unspecified atom stereocenters. The van der Waals surface area contributed by atoms with E-state index in [1.165, 1.54) is 11.1 Å². The normalized spacial score (nSPS) is 30.7. The number of nitrogens with one attached hydrogen (secondary N) is 1. The van der Waals surface area contributed by atoms with Crippen LogP contribution in [0.3, 0.4) is 0 Å². The minimum Gasteiger partial charge on any atom is -0.359 e. The Kier molecular flexibility index (Phi) is 1.84. The first-order chi connectivity index (χ1) is 7.24. The fourth-order valence-corrected chi connectivity index (χ4v) is 3.17. The Morgan fingerprint density at radius 1 is 1.53 bits per heavy atom. The molecule has 78 valence electrons. The minimum atomic E-state index is 0.177. The second-order valence-corrected chi connectivity index (χ2v) is 4.75. The zero-order chi connectivity index (χ0) is 10.6. The summed E-state index contributed by atoms with van der Waals surface area (Å²) in [5.74, 6) is 1.30. The molecule has 0 spiro atoms. The van der Waals surface area contributed by atoms with Crippen LogP contribution < -0.4 is 5.32 Å². The van der Waals surface area contributed by atoms with E-state index in [1.807, 2.05) is 12.1 Å². The van der Waals surface area contributed by atoms with E-state index in [4.69, 9.17) is 11.6 Å². The summed E-state index contributed by atoms with van der Waals surface area (Å²) in [7, 11) is 1.70. The Balaban J connectivity index is 1.94. The second kappa shape index (κ2) is 2.99. The Hall–Kier alpha value is -1.02. The maximum absolute atomic E-state index is 11.5. The summed E-state index contributed by atoms with van der Waals surface area (Å²) in [5, 5.41) is 3.59. The summed E-state index contributed by atoms with van der Waals surface area (Å²) in [6.07, 6.45) is 0.970. The Bertz CT molecular complexity index is 443. The van der Waals surface area contributed by atoms with Crippen molar-refractivity contribution in [1.29, 1.82) is 0 Å². The van der Waals surface area contributed by atoms with E-state index in [-0.39, 0.29) is 11.8 Å². The molecule has 3 atom stereocenters. The molecule has 2 nitrogen and oxygen atoms in total. The molecule has 3 rings (SSSR count). The number of rotatable bonds is 1. The van der Waals surface area contributed by atoms with Crippen LogP contribution in [0, 0.1) is 11.8 Å². The van der Waals surface area contributed by atoms with Crippen LogP contribution in [0.2, 0.25) is 5.02 Å². The molecular weight excluding hydrogens is 210 g/mol. The van der Waals surface area contributed by atoms with Crippen molar-refractivity contribution in [2.75, 3.05) is 7.05 Å². The molecule has 0 saturated heterocycles. The molecular formula is C12H12ClNO. The Morgan fingerprint density at radius 3 is 3.07 bits per heavy atom. The summed E-state index contributed by atoms with van der Waals surface area (Å²) >= 11 is 6.12. The van der Waals surface area contributed by atoms with E-state index in [1.54, 1.807) is 7.05 Å². The summed E-state index contributed by atoms with van der Waals surface area (Å²) in [6, 6.07) is 6.01. The molecule has 2 aliphatic rings. The van der Waals surface area contributed by atoms with Gasteiger partial charge in [-0.3, -0.25) is 4.79 Å². The van der Waals surface area contributed by atoms with Gasteiger partial charge in [-0.05, 0) is 29.5 Å². The third-order valence-electron chi connectivity index (χ3n) is 3.67. The molecule has 0 aliphatic heterocycles. The van der Waals surface area contributed by atoms with Crippen molar-refractivity contribution < 1.29 is 4.79 Å². The van der Waals surface area contributed by atoms with Crippen LogP contribution in [0.5, 0.6) is 0 Å². The first kappa shape index (κ1) is 9.22. The number of benzene rings is 1. The van der Waals surface area contributed by atoms with Gasteiger partial charge < -0.3 is 5.32 Å². The lowest BCUT2D eigenvalue weighted by Gasteiger charge is -2.08. The van der Waals surface area contributed by atoms with Gasteiger partial charge in [0.25, 0.3) is 0 Å². The molecule has 1 aromatic carbocycles. The predicted molar refractivity (Wildman–Crippen MR) is 58.9 cm³/mol. The van der Waals surface area contributed by atoms with Crippen LogP contribution in [0.1, 0.15) is 17.0 Å². The highest BCUT2D eigenvalue weighted by atomic mass is 35.5. The van der Waals surface area contributed by atoms with Crippen LogP contribution in [0.25, 0.3) is 0 Å². The van der Waals surface area contributed by atoms with Crippen molar-refractivity contribution in [3.8, 4) is 0 Å². The van der Waals surface area contributed by atoms with Gasteiger partial charge in [-0.2, -0.15) is 0 Å². The summed E-state index contributed by atoms with van der Waals surface area (Å²) < 4.78 is 0. The fourth-order valence-electron chi connectivity index (χ4n) is 2.91. The molecule has 1 fully saturated rings. The van der Waals surface area contributed by atoms with Crippen LogP contribution in [-0.2, 0) is 11.2 Å². The van der Waals surface area contributed by atoms with Crippen LogP contribution in [-0.4, -0.2) is 13.0 Å². The van der Waals surface area contributed by atoms with Gasteiger partial charge >= 0.3 is 0 Å². The number of hydrogen-bond donors (Lipinski definition) is 1. The maximum Gasteiger partial charge on any atom is 0.223 e. The SMILES string of the molecule is CNC(=O)C1C2Cc3c(Cl)cccc3C21. The molecule has 0 bridgehead atoms. The third-order valence-corrected chi connectivity index (χ3v) is 4.03. The molecule has 0 aromatic heterocycles. The van der Waals surface area contributed by atoms with E-state index >= 15 is 0 Å². The lowest BCUT2D eigenvalue weighted by molar-refractivity contribution is -0.122. The standard InChI is InChI=1S/C12H12ClNO/c1-14-12(15)11-8-5-7-6(10(8)11)3-2-4-9(7)13/h2-4,8,10-11H,5H2,1H3,(H,14,15).